The first-order chi connectivity index (χ1) is 9.30. The van der Waals surface area contributed by atoms with Gasteiger partial charge in [0.15, 0.2) is 0 Å². The van der Waals surface area contributed by atoms with Crippen LogP contribution in [0.25, 0.3) is 0 Å². The zero-order valence-electron chi connectivity index (χ0n) is 12.0. The highest BCUT2D eigenvalue weighted by Crippen LogP contribution is 2.29. The molecule has 6 nitrogen and oxygen atoms in total. The van der Waals surface area contributed by atoms with Gasteiger partial charge in [-0.3, -0.25) is 14.9 Å². The van der Waals surface area contributed by atoms with Gasteiger partial charge in [0, 0.05) is 36.4 Å². The van der Waals surface area contributed by atoms with Crippen molar-refractivity contribution in [3.63, 3.8) is 0 Å². The third kappa shape index (κ3) is 6.27. The number of hydrogen-bond donors (Lipinski definition) is 2. The van der Waals surface area contributed by atoms with Crippen molar-refractivity contribution in [3.8, 4) is 0 Å². The molecule has 1 aliphatic heterocycles. The molecule has 20 heavy (non-hydrogen) atoms. The van der Waals surface area contributed by atoms with Crippen molar-refractivity contribution in [1.29, 1.82) is 0 Å². The second-order valence-corrected chi connectivity index (χ2v) is 7.29. The first kappa shape index (κ1) is 16.8. The van der Waals surface area contributed by atoms with Crippen LogP contribution in [0.2, 0.25) is 0 Å². The average molecular weight is 302 g/mol. The second-order valence-electron chi connectivity index (χ2n) is 5.48. The summed E-state index contributed by atoms with van der Waals surface area (Å²) in [6, 6.07) is -0.346. The zero-order valence-corrected chi connectivity index (χ0v) is 12.8. The number of thioether (sulfide) groups is 1. The van der Waals surface area contributed by atoms with Crippen LogP contribution in [0.1, 0.15) is 39.5 Å². The molecule has 0 radical (unpaired) electrons. The van der Waals surface area contributed by atoms with Crippen LogP contribution in [0.3, 0.4) is 0 Å². The van der Waals surface area contributed by atoms with Crippen LogP contribution in [-0.4, -0.2) is 51.5 Å². The number of urea groups is 1. The molecule has 0 unspecified atom stereocenters. The van der Waals surface area contributed by atoms with Crippen molar-refractivity contribution in [3.05, 3.63) is 0 Å². The Kier molecular flexibility index (Phi) is 6.32. The monoisotopic (exact) mass is 302 g/mol. The van der Waals surface area contributed by atoms with E-state index in [4.69, 9.17) is 5.11 Å². The molecular weight excluding hydrogens is 280 g/mol. The molecule has 1 heterocycles. The Morgan fingerprint density at radius 3 is 2.50 bits per heavy atom. The van der Waals surface area contributed by atoms with Crippen molar-refractivity contribution in [1.82, 2.24) is 10.2 Å². The number of carboxylic acid groups (broad SMARTS) is 1. The van der Waals surface area contributed by atoms with E-state index in [1.807, 2.05) is 11.8 Å². The SMILES string of the molecule is CC1(C)CN(C(=O)NC(=O)CCCCC(=O)O)CCS1. The molecule has 2 N–H and O–H groups in total. The molecule has 1 rings (SSSR count). The van der Waals surface area contributed by atoms with E-state index in [1.54, 1.807) is 4.90 Å². The highest BCUT2D eigenvalue weighted by atomic mass is 32.2. The minimum absolute atomic E-state index is 0.0140. The smallest absolute Gasteiger partial charge is 0.324 e. The number of imide groups is 1. The summed E-state index contributed by atoms with van der Waals surface area (Å²) in [7, 11) is 0. The summed E-state index contributed by atoms with van der Waals surface area (Å²) in [4.78, 5) is 35.5. The van der Waals surface area contributed by atoms with E-state index in [1.165, 1.54) is 0 Å². The second kappa shape index (κ2) is 7.52. The molecule has 0 aromatic heterocycles. The molecular formula is C13H22N2O4S. The fourth-order valence-corrected chi connectivity index (χ4v) is 3.12. The number of carbonyl (C=O) groups excluding carboxylic acids is 2. The molecule has 3 amide bonds. The zero-order chi connectivity index (χ0) is 15.2. The molecule has 0 aliphatic carbocycles. The van der Waals surface area contributed by atoms with Gasteiger partial charge in [0.1, 0.15) is 0 Å². The lowest BCUT2D eigenvalue weighted by Crippen LogP contribution is -2.51. The normalized spacial score (nSPS) is 17.6. The summed E-state index contributed by atoms with van der Waals surface area (Å²) in [5.74, 6) is -0.335. The summed E-state index contributed by atoms with van der Waals surface area (Å²) in [5.41, 5.74) is 0. The minimum Gasteiger partial charge on any atom is -0.481 e. The number of amides is 3. The lowest BCUT2D eigenvalue weighted by molar-refractivity contribution is -0.137. The largest absolute Gasteiger partial charge is 0.481 e. The third-order valence-corrected chi connectivity index (χ3v) is 4.30. The lowest BCUT2D eigenvalue weighted by Gasteiger charge is -2.37. The maximum Gasteiger partial charge on any atom is 0.324 e. The van der Waals surface area contributed by atoms with Crippen LogP contribution in [0.15, 0.2) is 0 Å². The van der Waals surface area contributed by atoms with Crippen LogP contribution in [0, 0.1) is 0 Å². The number of unbranched alkanes of at least 4 members (excludes halogenated alkanes) is 1. The Labute approximate surface area is 123 Å². The topological polar surface area (TPSA) is 86.7 Å². The van der Waals surface area contributed by atoms with E-state index in [2.05, 4.69) is 19.2 Å². The first-order valence-electron chi connectivity index (χ1n) is 6.75. The van der Waals surface area contributed by atoms with Crippen LogP contribution in [0.5, 0.6) is 0 Å². The van der Waals surface area contributed by atoms with Crippen LogP contribution < -0.4 is 5.32 Å². The highest BCUT2D eigenvalue weighted by molar-refractivity contribution is 8.00. The van der Waals surface area contributed by atoms with Crippen molar-refractivity contribution in [2.75, 3.05) is 18.8 Å². The molecule has 0 aromatic rings. The van der Waals surface area contributed by atoms with Crippen molar-refractivity contribution in [2.45, 2.75) is 44.3 Å². The fourth-order valence-electron chi connectivity index (χ4n) is 2.01. The van der Waals surface area contributed by atoms with Gasteiger partial charge in [0.2, 0.25) is 5.91 Å². The minimum atomic E-state index is -0.866. The van der Waals surface area contributed by atoms with Crippen molar-refractivity contribution >= 4 is 29.7 Å². The first-order valence-corrected chi connectivity index (χ1v) is 7.73. The maximum atomic E-state index is 11.9. The fraction of sp³-hybridized carbons (Fsp3) is 0.769. The molecule has 0 aromatic carbocycles. The molecule has 0 atom stereocenters. The van der Waals surface area contributed by atoms with E-state index in [9.17, 15) is 14.4 Å². The summed E-state index contributed by atoms with van der Waals surface area (Å²) >= 11 is 1.82. The van der Waals surface area contributed by atoms with Gasteiger partial charge < -0.3 is 10.0 Å². The van der Waals surface area contributed by atoms with Crippen LogP contribution >= 0.6 is 11.8 Å². The van der Waals surface area contributed by atoms with E-state index in [0.29, 0.717) is 25.9 Å². The number of carbonyl (C=O) groups is 3. The molecule has 7 heteroatoms. The van der Waals surface area contributed by atoms with Crippen LogP contribution in [-0.2, 0) is 9.59 Å². The summed E-state index contributed by atoms with van der Waals surface area (Å²) in [6.45, 7) is 5.41. The molecule has 114 valence electrons. The summed E-state index contributed by atoms with van der Waals surface area (Å²) in [5, 5.41) is 10.8. The number of aliphatic carboxylic acids is 1. The van der Waals surface area contributed by atoms with Crippen LogP contribution in [0.4, 0.5) is 4.79 Å². The van der Waals surface area contributed by atoms with Crippen molar-refractivity contribution in [2.24, 2.45) is 0 Å². The number of hydrogen-bond acceptors (Lipinski definition) is 4. The van der Waals surface area contributed by atoms with Gasteiger partial charge >= 0.3 is 12.0 Å². The van der Waals surface area contributed by atoms with Gasteiger partial charge in [-0.05, 0) is 26.7 Å². The predicted octanol–water partition coefficient (Wildman–Crippen LogP) is 1.69. The van der Waals surface area contributed by atoms with Gasteiger partial charge in [0.05, 0.1) is 0 Å². The molecule has 0 saturated carbocycles. The average Bonchev–Trinajstić information content (AvgIpc) is 2.33. The third-order valence-electron chi connectivity index (χ3n) is 3.00. The van der Waals surface area contributed by atoms with Gasteiger partial charge in [0.25, 0.3) is 0 Å². The Hall–Kier alpha value is -1.24. The van der Waals surface area contributed by atoms with E-state index >= 15 is 0 Å². The number of nitrogens with one attached hydrogen (secondary N) is 1. The lowest BCUT2D eigenvalue weighted by atomic mass is 10.2. The molecule has 1 aliphatic rings. The quantitative estimate of drug-likeness (QED) is 0.755. The predicted molar refractivity (Wildman–Crippen MR) is 77.8 cm³/mol. The van der Waals surface area contributed by atoms with Gasteiger partial charge in [-0.2, -0.15) is 11.8 Å². The van der Waals surface area contributed by atoms with Crippen molar-refractivity contribution < 1.29 is 19.5 Å². The Morgan fingerprint density at radius 2 is 1.90 bits per heavy atom. The highest BCUT2D eigenvalue weighted by Gasteiger charge is 2.30. The standard InChI is InChI=1S/C13H22N2O4S/c1-13(2)9-15(7-8-20-13)12(19)14-10(16)5-3-4-6-11(17)18/h3-9H2,1-2H3,(H,17,18)(H,14,16,19). The van der Waals surface area contributed by atoms with E-state index in [-0.39, 0.29) is 29.5 Å². The maximum absolute atomic E-state index is 11.9. The number of nitrogens with zero attached hydrogens (tertiary/aromatic N) is 1. The molecule has 1 saturated heterocycles. The van der Waals surface area contributed by atoms with E-state index < -0.39 is 5.97 Å². The number of carboxylic acids is 1. The van der Waals surface area contributed by atoms with Gasteiger partial charge in [-0.1, -0.05) is 0 Å². The van der Waals surface area contributed by atoms with Gasteiger partial charge in [-0.15, -0.1) is 0 Å². The Balaban J connectivity index is 2.27. The van der Waals surface area contributed by atoms with Gasteiger partial charge in [-0.25, -0.2) is 4.79 Å². The number of rotatable bonds is 5. The summed E-state index contributed by atoms with van der Waals surface area (Å²) in [6.07, 6.45) is 1.17. The molecule has 1 fully saturated rings. The van der Waals surface area contributed by atoms with E-state index in [0.717, 1.165) is 5.75 Å². The molecule has 0 spiro atoms. The Morgan fingerprint density at radius 1 is 1.25 bits per heavy atom. The molecule has 0 bridgehead atoms. The Bertz CT molecular complexity index is 385. The summed E-state index contributed by atoms with van der Waals surface area (Å²) < 4.78 is 0.0140.